The number of alkyl halides is 1. The molecule has 0 N–H and O–H groups in total. The van der Waals surface area contributed by atoms with Crippen molar-refractivity contribution in [1.82, 2.24) is 4.90 Å². The molecule has 0 amide bonds. The van der Waals surface area contributed by atoms with Gasteiger partial charge in [0, 0.05) is 37.5 Å². The van der Waals surface area contributed by atoms with Crippen LogP contribution in [0.5, 0.6) is 0 Å². The highest BCUT2D eigenvalue weighted by molar-refractivity contribution is 6.36. The third-order valence-corrected chi connectivity index (χ3v) is 6.79. The lowest BCUT2D eigenvalue weighted by Gasteiger charge is -2.38. The van der Waals surface area contributed by atoms with Gasteiger partial charge in [-0.25, -0.2) is 9.18 Å². The van der Waals surface area contributed by atoms with Crippen LogP contribution in [0.2, 0.25) is 10.0 Å². The lowest BCUT2D eigenvalue weighted by atomic mass is 9.91. The van der Waals surface area contributed by atoms with Gasteiger partial charge in [-0.2, -0.15) is 0 Å². The van der Waals surface area contributed by atoms with E-state index in [0.29, 0.717) is 28.7 Å². The maximum atomic E-state index is 14.9. The van der Waals surface area contributed by atoms with Crippen LogP contribution in [0.1, 0.15) is 68.3 Å². The summed E-state index contributed by atoms with van der Waals surface area (Å²) in [6.45, 7) is 7.00. The molecular formula is C27H30Cl2FNO2. The Bertz CT molecular complexity index is 1030. The van der Waals surface area contributed by atoms with Gasteiger partial charge in [0.2, 0.25) is 5.67 Å². The Labute approximate surface area is 206 Å². The zero-order chi connectivity index (χ0) is 24.0. The fourth-order valence-corrected chi connectivity index (χ4v) is 4.95. The molecule has 0 saturated carbocycles. The van der Waals surface area contributed by atoms with E-state index in [4.69, 9.17) is 27.9 Å². The number of rotatable bonds is 3. The molecule has 6 heteroatoms. The maximum Gasteiger partial charge on any atom is 0.343 e. The number of fused-ring (bicyclic) bond motifs is 1. The Morgan fingerprint density at radius 3 is 2.45 bits per heavy atom. The van der Waals surface area contributed by atoms with Gasteiger partial charge in [-0.05, 0) is 55.2 Å². The minimum Gasteiger partial charge on any atom is -0.464 e. The van der Waals surface area contributed by atoms with Gasteiger partial charge in [-0.3, -0.25) is 4.90 Å². The quantitative estimate of drug-likeness (QED) is 0.351. The molecule has 0 radical (unpaired) electrons. The monoisotopic (exact) mass is 489 g/mol. The first-order valence-electron chi connectivity index (χ1n) is 11.6. The minimum atomic E-state index is -1.85. The normalized spacial score (nSPS) is 18.9. The lowest BCUT2D eigenvalue weighted by Crippen LogP contribution is -2.47. The molecule has 0 bridgehead atoms. The van der Waals surface area contributed by atoms with Gasteiger partial charge < -0.3 is 4.74 Å². The summed E-state index contributed by atoms with van der Waals surface area (Å²) in [4.78, 5) is 14.2. The molecule has 1 aliphatic heterocycles. The fraction of sp³-hybridized carbons (Fsp3) is 0.444. The molecular weight excluding hydrogens is 460 g/mol. The summed E-state index contributed by atoms with van der Waals surface area (Å²) in [5.74, 6) is 5.53. The van der Waals surface area contributed by atoms with E-state index in [1.54, 1.807) is 25.1 Å². The maximum absolute atomic E-state index is 14.9. The summed E-state index contributed by atoms with van der Waals surface area (Å²) in [6.07, 6.45) is 2.30. The number of hydrogen-bond acceptors (Lipinski definition) is 3. The Balaban J connectivity index is 0.00000149. The van der Waals surface area contributed by atoms with Crippen molar-refractivity contribution in [3.63, 3.8) is 0 Å². The standard InChI is InChI=1S/C25H24Cl2FNO2.C2H6/c1-2-31-24(30)25(28)12-14-29(15-13-25)23-11-8-18-16-17(6-9-19(18)23)7-10-20-21(26)4-3-5-22(20)27;1-2/h3-6,9,16,23H,2,8,11-15H2,1H3;1-2H3. The molecule has 1 atom stereocenters. The van der Waals surface area contributed by atoms with E-state index in [1.807, 2.05) is 19.9 Å². The van der Waals surface area contributed by atoms with Crippen LogP contribution in [0.3, 0.4) is 0 Å². The van der Waals surface area contributed by atoms with Crippen LogP contribution in [0.15, 0.2) is 36.4 Å². The summed E-state index contributed by atoms with van der Waals surface area (Å²) in [5.41, 5.74) is 2.23. The number of carbonyl (C=O) groups excluding carboxylic acids is 1. The van der Waals surface area contributed by atoms with E-state index in [-0.39, 0.29) is 25.5 Å². The van der Waals surface area contributed by atoms with Crippen LogP contribution in [-0.2, 0) is 16.0 Å². The van der Waals surface area contributed by atoms with E-state index in [2.05, 4.69) is 28.9 Å². The molecule has 2 aromatic rings. The van der Waals surface area contributed by atoms with Gasteiger partial charge in [0.15, 0.2) is 0 Å². The van der Waals surface area contributed by atoms with Crippen LogP contribution >= 0.6 is 23.2 Å². The van der Waals surface area contributed by atoms with E-state index >= 15 is 0 Å². The van der Waals surface area contributed by atoms with Crippen molar-refractivity contribution in [2.24, 2.45) is 0 Å². The third kappa shape index (κ3) is 5.72. The Morgan fingerprint density at radius 1 is 1.15 bits per heavy atom. The summed E-state index contributed by atoms with van der Waals surface area (Å²) in [6, 6.07) is 11.8. The minimum absolute atomic E-state index is 0.180. The van der Waals surface area contributed by atoms with Gasteiger partial charge in [0.1, 0.15) is 0 Å². The molecule has 1 aliphatic carbocycles. The Morgan fingerprint density at radius 2 is 1.82 bits per heavy atom. The molecule has 1 saturated heterocycles. The number of hydrogen-bond donors (Lipinski definition) is 0. The summed E-state index contributed by atoms with van der Waals surface area (Å²) >= 11 is 12.4. The topological polar surface area (TPSA) is 29.5 Å². The summed E-state index contributed by atoms with van der Waals surface area (Å²) in [5, 5.41) is 1.08. The molecule has 3 nitrogen and oxygen atoms in total. The van der Waals surface area contributed by atoms with Crippen molar-refractivity contribution in [2.75, 3.05) is 19.7 Å². The first-order valence-corrected chi connectivity index (χ1v) is 12.4. The molecule has 4 rings (SSSR count). The SMILES string of the molecule is CC.CCOC(=O)C1(F)CCN(C2CCc3cc(C#Cc4c(Cl)cccc4Cl)ccc32)CC1. The van der Waals surface area contributed by atoms with Crippen LogP contribution in [0.4, 0.5) is 4.39 Å². The molecule has 2 aromatic carbocycles. The number of piperidine rings is 1. The number of ether oxygens (including phenoxy) is 1. The number of nitrogens with zero attached hydrogens (tertiary/aromatic N) is 1. The number of likely N-dealkylation sites (tertiary alicyclic amines) is 1. The smallest absolute Gasteiger partial charge is 0.343 e. The van der Waals surface area contributed by atoms with Crippen LogP contribution in [0.25, 0.3) is 0 Å². The molecule has 1 fully saturated rings. The highest BCUT2D eigenvalue weighted by atomic mass is 35.5. The van der Waals surface area contributed by atoms with Crippen molar-refractivity contribution in [1.29, 1.82) is 0 Å². The van der Waals surface area contributed by atoms with E-state index < -0.39 is 11.6 Å². The molecule has 0 aromatic heterocycles. The average molecular weight is 490 g/mol. The predicted molar refractivity (Wildman–Crippen MR) is 133 cm³/mol. The van der Waals surface area contributed by atoms with Gasteiger partial charge in [0.25, 0.3) is 0 Å². The highest BCUT2D eigenvalue weighted by Gasteiger charge is 2.44. The highest BCUT2D eigenvalue weighted by Crippen LogP contribution is 2.40. The van der Waals surface area contributed by atoms with Gasteiger partial charge >= 0.3 is 5.97 Å². The third-order valence-electron chi connectivity index (χ3n) is 6.16. The van der Waals surface area contributed by atoms with Crippen molar-refractivity contribution in [2.45, 2.75) is 58.2 Å². The van der Waals surface area contributed by atoms with E-state index in [9.17, 15) is 9.18 Å². The number of aryl methyl sites for hydroxylation is 1. The zero-order valence-electron chi connectivity index (χ0n) is 19.4. The second kappa shape index (κ2) is 11.4. The van der Waals surface area contributed by atoms with Crippen LogP contribution in [-0.4, -0.2) is 36.2 Å². The van der Waals surface area contributed by atoms with Crippen molar-refractivity contribution < 1.29 is 13.9 Å². The summed E-state index contributed by atoms with van der Waals surface area (Å²) < 4.78 is 19.8. The van der Waals surface area contributed by atoms with Crippen molar-refractivity contribution >= 4 is 29.2 Å². The summed E-state index contributed by atoms with van der Waals surface area (Å²) in [7, 11) is 0. The van der Waals surface area contributed by atoms with E-state index in [1.165, 1.54) is 11.1 Å². The first kappa shape index (κ1) is 25.6. The van der Waals surface area contributed by atoms with Gasteiger partial charge in [0.05, 0.1) is 22.2 Å². The number of halogens is 3. The molecule has 1 unspecified atom stereocenters. The second-order valence-corrected chi connectivity index (χ2v) is 8.85. The first-order chi connectivity index (χ1) is 15.9. The molecule has 0 spiro atoms. The average Bonchev–Trinajstić information content (AvgIpc) is 3.24. The molecule has 33 heavy (non-hydrogen) atoms. The predicted octanol–water partition coefficient (Wildman–Crippen LogP) is 6.77. The largest absolute Gasteiger partial charge is 0.464 e. The molecule has 176 valence electrons. The number of benzene rings is 2. The van der Waals surface area contributed by atoms with Gasteiger partial charge in [-0.15, -0.1) is 0 Å². The molecule has 2 aliphatic rings. The van der Waals surface area contributed by atoms with Gasteiger partial charge in [-0.1, -0.05) is 61.0 Å². The fourth-order valence-electron chi connectivity index (χ4n) is 4.46. The number of carbonyl (C=O) groups is 1. The van der Waals surface area contributed by atoms with E-state index in [0.717, 1.165) is 18.4 Å². The van der Waals surface area contributed by atoms with Crippen molar-refractivity contribution in [3.8, 4) is 11.8 Å². The number of esters is 1. The zero-order valence-corrected chi connectivity index (χ0v) is 20.9. The van der Waals surface area contributed by atoms with Crippen LogP contribution < -0.4 is 0 Å². The molecule has 1 heterocycles. The van der Waals surface area contributed by atoms with Crippen LogP contribution in [0, 0.1) is 11.8 Å². The van der Waals surface area contributed by atoms with Crippen molar-refractivity contribution in [3.05, 3.63) is 68.7 Å². The Kier molecular flexibility index (Phi) is 8.82. The lowest BCUT2D eigenvalue weighted by molar-refractivity contribution is -0.161. The Hall–Kier alpha value is -2.06. The second-order valence-electron chi connectivity index (χ2n) is 8.04.